The van der Waals surface area contributed by atoms with Gasteiger partial charge in [-0.1, -0.05) is 30.3 Å². The van der Waals surface area contributed by atoms with Gasteiger partial charge < -0.3 is 20.2 Å². The van der Waals surface area contributed by atoms with Crippen LogP contribution in [0.2, 0.25) is 0 Å². The average molecular weight is 340 g/mol. The minimum atomic E-state index is -0.219. The van der Waals surface area contributed by atoms with E-state index in [1.807, 2.05) is 61.7 Å². The van der Waals surface area contributed by atoms with E-state index in [-0.39, 0.29) is 12.4 Å². The van der Waals surface area contributed by atoms with Gasteiger partial charge in [-0.3, -0.25) is 4.79 Å². The number of H-pyrrole nitrogens is 1. The van der Waals surface area contributed by atoms with Crippen LogP contribution in [0.1, 0.15) is 18.1 Å². The Morgan fingerprint density at radius 1 is 1.12 bits per heavy atom. The molecule has 0 aliphatic heterocycles. The van der Waals surface area contributed by atoms with Gasteiger partial charge in [0.1, 0.15) is 12.4 Å². The van der Waals surface area contributed by atoms with Gasteiger partial charge in [0, 0.05) is 17.1 Å². The topological polar surface area (TPSA) is 77.3 Å². The number of rotatable bonds is 6. The highest BCUT2D eigenvalue weighted by atomic mass is 16.5. The first kappa shape index (κ1) is 18.5. The molecule has 0 aliphatic carbocycles. The molecule has 0 bridgehead atoms. The molecule has 0 saturated heterocycles. The van der Waals surface area contributed by atoms with Crippen LogP contribution in [0.15, 0.2) is 54.7 Å². The van der Waals surface area contributed by atoms with Crippen LogP contribution in [-0.2, 0) is 22.6 Å². The fourth-order valence-electron chi connectivity index (χ4n) is 2.50. The van der Waals surface area contributed by atoms with Gasteiger partial charge in [0.25, 0.3) is 0 Å². The maximum Gasteiger partial charge on any atom is 0.310 e. The first-order valence-electron chi connectivity index (χ1n) is 8.26. The number of carbonyl (C=O) groups is 1. The molecule has 5 heteroatoms. The van der Waals surface area contributed by atoms with Crippen molar-refractivity contribution in [2.24, 2.45) is 5.73 Å². The minimum absolute atomic E-state index is 0.219. The van der Waals surface area contributed by atoms with E-state index in [4.69, 9.17) is 9.47 Å². The van der Waals surface area contributed by atoms with Gasteiger partial charge in [-0.15, -0.1) is 0 Å². The lowest BCUT2D eigenvalue weighted by atomic mass is 10.1. The molecule has 0 atom stereocenters. The fraction of sp³-hybridized carbons (Fsp3) is 0.250. The molecule has 25 heavy (non-hydrogen) atoms. The molecule has 0 unspecified atom stereocenters. The molecular weight excluding hydrogens is 316 g/mol. The van der Waals surface area contributed by atoms with Crippen LogP contribution < -0.4 is 10.5 Å². The highest BCUT2D eigenvalue weighted by Crippen LogP contribution is 2.25. The lowest BCUT2D eigenvalue weighted by molar-refractivity contribution is -0.142. The smallest absolute Gasteiger partial charge is 0.310 e. The third-order valence-corrected chi connectivity index (χ3v) is 3.63. The standard InChI is InChI=1S/C19H19NO3.CH5N/c1-2-22-19(21)10-15-12-20-18-9-8-16(11-17(15)18)23-13-14-6-4-3-5-7-14;1-2/h3-9,11-12,20H,2,10,13H2,1H3;2H2,1H3. The monoisotopic (exact) mass is 340 g/mol. The van der Waals surface area contributed by atoms with Gasteiger partial charge in [-0.25, -0.2) is 0 Å². The van der Waals surface area contributed by atoms with Crippen LogP contribution in [-0.4, -0.2) is 24.6 Å². The van der Waals surface area contributed by atoms with E-state index >= 15 is 0 Å². The fourth-order valence-corrected chi connectivity index (χ4v) is 2.50. The van der Waals surface area contributed by atoms with Crippen molar-refractivity contribution in [2.45, 2.75) is 20.0 Å². The van der Waals surface area contributed by atoms with Crippen molar-refractivity contribution in [3.05, 3.63) is 65.9 Å². The normalized spacial score (nSPS) is 10.0. The second kappa shape index (κ2) is 9.49. The number of hydrogen-bond donors (Lipinski definition) is 2. The highest BCUT2D eigenvalue weighted by Gasteiger charge is 2.10. The summed E-state index contributed by atoms with van der Waals surface area (Å²) in [7, 11) is 1.50. The average Bonchev–Trinajstić information content (AvgIpc) is 3.05. The Morgan fingerprint density at radius 2 is 1.88 bits per heavy atom. The first-order valence-corrected chi connectivity index (χ1v) is 8.26. The van der Waals surface area contributed by atoms with Gasteiger partial charge in [0.15, 0.2) is 0 Å². The summed E-state index contributed by atoms with van der Waals surface area (Å²) in [5.41, 5.74) is 7.52. The zero-order valence-corrected chi connectivity index (χ0v) is 14.6. The number of nitrogens with two attached hydrogens (primary N) is 1. The van der Waals surface area contributed by atoms with E-state index in [0.29, 0.717) is 13.2 Å². The second-order valence-electron chi connectivity index (χ2n) is 5.28. The lowest BCUT2D eigenvalue weighted by Gasteiger charge is -2.07. The summed E-state index contributed by atoms with van der Waals surface area (Å²) in [5, 5.41) is 0.989. The van der Waals surface area contributed by atoms with Crippen LogP contribution in [0.4, 0.5) is 0 Å². The maximum atomic E-state index is 11.7. The summed E-state index contributed by atoms with van der Waals surface area (Å²) < 4.78 is 10.9. The Balaban J connectivity index is 0.00000109. The van der Waals surface area contributed by atoms with Gasteiger partial charge in [0.05, 0.1) is 13.0 Å². The molecule has 2 aromatic carbocycles. The van der Waals surface area contributed by atoms with Crippen LogP contribution in [0.3, 0.4) is 0 Å². The van der Waals surface area contributed by atoms with Crippen molar-refractivity contribution in [1.29, 1.82) is 0 Å². The predicted molar refractivity (Wildman–Crippen MR) is 99.5 cm³/mol. The molecule has 3 N–H and O–H groups in total. The number of esters is 1. The van der Waals surface area contributed by atoms with Crippen LogP contribution >= 0.6 is 0 Å². The summed E-state index contributed by atoms with van der Waals surface area (Å²) in [6, 6.07) is 15.9. The third kappa shape index (κ3) is 5.09. The Morgan fingerprint density at radius 3 is 2.60 bits per heavy atom. The summed E-state index contributed by atoms with van der Waals surface area (Å²) in [6.07, 6.45) is 2.11. The van der Waals surface area contributed by atoms with E-state index in [1.165, 1.54) is 7.05 Å². The van der Waals surface area contributed by atoms with Crippen molar-refractivity contribution < 1.29 is 14.3 Å². The zero-order valence-electron chi connectivity index (χ0n) is 14.6. The van der Waals surface area contributed by atoms with E-state index in [1.54, 1.807) is 0 Å². The van der Waals surface area contributed by atoms with Gasteiger partial charge in [-0.2, -0.15) is 0 Å². The molecule has 132 valence electrons. The molecule has 1 aromatic heterocycles. The number of aromatic amines is 1. The molecule has 0 saturated carbocycles. The molecule has 0 radical (unpaired) electrons. The third-order valence-electron chi connectivity index (χ3n) is 3.63. The number of aromatic nitrogens is 1. The van der Waals surface area contributed by atoms with Crippen LogP contribution in [0.5, 0.6) is 5.75 Å². The SMILES string of the molecule is CCOC(=O)Cc1c[nH]c2ccc(OCc3ccccc3)cc12.CN. The van der Waals surface area contributed by atoms with Crippen molar-refractivity contribution in [3.63, 3.8) is 0 Å². The quantitative estimate of drug-likeness (QED) is 0.674. The van der Waals surface area contributed by atoms with Crippen molar-refractivity contribution in [2.75, 3.05) is 13.7 Å². The minimum Gasteiger partial charge on any atom is -0.489 e. The molecular formula is C20H24N2O3. The second-order valence-corrected chi connectivity index (χ2v) is 5.28. The van der Waals surface area contributed by atoms with E-state index < -0.39 is 0 Å². The summed E-state index contributed by atoms with van der Waals surface area (Å²) in [6.45, 7) is 2.72. The molecule has 3 aromatic rings. The highest BCUT2D eigenvalue weighted by molar-refractivity contribution is 5.88. The number of hydrogen-bond acceptors (Lipinski definition) is 4. The molecule has 0 amide bonds. The molecule has 0 fully saturated rings. The van der Waals surface area contributed by atoms with Gasteiger partial charge in [0.2, 0.25) is 0 Å². The molecule has 0 spiro atoms. The first-order chi connectivity index (χ1) is 12.3. The number of nitrogens with one attached hydrogen (secondary N) is 1. The van der Waals surface area contributed by atoms with Crippen LogP contribution in [0, 0.1) is 0 Å². The number of carbonyl (C=O) groups excluding carboxylic acids is 1. The zero-order chi connectivity index (χ0) is 18.1. The molecule has 5 nitrogen and oxygen atoms in total. The predicted octanol–water partition coefficient (Wildman–Crippen LogP) is 3.43. The molecule has 3 rings (SSSR count). The Labute approximate surface area is 147 Å². The Bertz CT molecular complexity index is 797. The largest absolute Gasteiger partial charge is 0.489 e. The van der Waals surface area contributed by atoms with E-state index in [2.05, 4.69) is 10.7 Å². The van der Waals surface area contributed by atoms with Gasteiger partial charge in [-0.05, 0) is 43.3 Å². The van der Waals surface area contributed by atoms with Crippen molar-refractivity contribution in [1.82, 2.24) is 4.98 Å². The van der Waals surface area contributed by atoms with Gasteiger partial charge >= 0.3 is 5.97 Å². The number of benzene rings is 2. The lowest BCUT2D eigenvalue weighted by Crippen LogP contribution is -2.06. The summed E-state index contributed by atoms with van der Waals surface area (Å²) >= 11 is 0. The maximum absolute atomic E-state index is 11.7. The molecule has 1 heterocycles. The van der Waals surface area contributed by atoms with E-state index in [9.17, 15) is 4.79 Å². The van der Waals surface area contributed by atoms with Crippen molar-refractivity contribution in [3.8, 4) is 5.75 Å². The summed E-state index contributed by atoms with van der Waals surface area (Å²) in [4.78, 5) is 14.9. The molecule has 0 aliphatic rings. The number of fused-ring (bicyclic) bond motifs is 1. The summed E-state index contributed by atoms with van der Waals surface area (Å²) in [5.74, 6) is 0.565. The van der Waals surface area contributed by atoms with Crippen LogP contribution in [0.25, 0.3) is 10.9 Å². The Hall–Kier alpha value is -2.79. The van der Waals surface area contributed by atoms with Crippen molar-refractivity contribution >= 4 is 16.9 Å². The van der Waals surface area contributed by atoms with E-state index in [0.717, 1.165) is 27.8 Å². The number of ether oxygens (including phenoxy) is 2. The Kier molecular flexibility index (Phi) is 7.04.